The summed E-state index contributed by atoms with van der Waals surface area (Å²) >= 11 is 0. The van der Waals surface area contributed by atoms with E-state index in [1.165, 1.54) is 12.3 Å². The summed E-state index contributed by atoms with van der Waals surface area (Å²) in [6.07, 6.45) is 4.59. The van der Waals surface area contributed by atoms with Gasteiger partial charge in [0.15, 0.2) is 0 Å². The molecular weight excluding hydrogens is 310 g/mol. The molecule has 3 N–H and O–H groups in total. The van der Waals surface area contributed by atoms with Gasteiger partial charge in [-0.3, -0.25) is 20.5 Å². The van der Waals surface area contributed by atoms with Crippen LogP contribution in [0.25, 0.3) is 0 Å². The van der Waals surface area contributed by atoms with Gasteiger partial charge in [-0.05, 0) is 29.8 Å². The Hall–Kier alpha value is -2.85. The van der Waals surface area contributed by atoms with Crippen LogP contribution in [0, 0.1) is 10.1 Å². The zero-order valence-electron chi connectivity index (χ0n) is 11.1. The first-order valence-electron chi connectivity index (χ1n) is 5.88. The number of aromatic nitrogens is 1. The highest BCUT2D eigenvalue weighted by molar-refractivity contribution is 7.89. The Morgan fingerprint density at radius 2 is 1.95 bits per heavy atom. The van der Waals surface area contributed by atoms with Gasteiger partial charge in [0, 0.05) is 18.5 Å². The predicted octanol–water partition coefficient (Wildman–Crippen LogP) is 1.08. The van der Waals surface area contributed by atoms with Gasteiger partial charge >= 0.3 is 0 Å². The van der Waals surface area contributed by atoms with Crippen LogP contribution in [-0.2, 0) is 10.0 Å². The van der Waals surface area contributed by atoms with Gasteiger partial charge in [-0.2, -0.15) is 5.10 Å². The van der Waals surface area contributed by atoms with Gasteiger partial charge in [0.05, 0.1) is 16.0 Å². The van der Waals surface area contributed by atoms with E-state index in [1.54, 1.807) is 24.5 Å². The molecule has 0 aliphatic rings. The lowest BCUT2D eigenvalue weighted by molar-refractivity contribution is -0.384. The molecule has 0 amide bonds. The lowest BCUT2D eigenvalue weighted by Crippen LogP contribution is -2.12. The maximum absolute atomic E-state index is 11.2. The molecule has 0 saturated heterocycles. The molecule has 2 aromatic rings. The molecule has 2 rings (SSSR count). The van der Waals surface area contributed by atoms with Gasteiger partial charge in [0.25, 0.3) is 5.69 Å². The number of pyridine rings is 1. The fourth-order valence-electron chi connectivity index (χ4n) is 1.56. The van der Waals surface area contributed by atoms with Crippen LogP contribution in [0.3, 0.4) is 0 Å². The molecular formula is C12H11N5O4S. The molecule has 1 aromatic heterocycles. The Balaban J connectivity index is 2.28. The second-order valence-corrected chi connectivity index (χ2v) is 5.69. The number of nitro benzene ring substituents is 1. The highest BCUT2D eigenvalue weighted by Crippen LogP contribution is 2.27. The van der Waals surface area contributed by atoms with Crippen molar-refractivity contribution in [2.75, 3.05) is 5.43 Å². The van der Waals surface area contributed by atoms with E-state index in [-0.39, 0.29) is 10.6 Å². The standard InChI is InChI=1S/C12H11N5O4S/c13-22(20,21)10-1-2-11(12(7-10)17(18)19)16-15-8-9-3-5-14-6-4-9/h1-8,16H,(H2,13,20,21). The lowest BCUT2D eigenvalue weighted by Gasteiger charge is -2.04. The van der Waals surface area contributed by atoms with E-state index in [1.807, 2.05) is 0 Å². The van der Waals surface area contributed by atoms with E-state index < -0.39 is 20.6 Å². The minimum Gasteiger partial charge on any atom is -0.272 e. The number of nitrogens with one attached hydrogen (secondary N) is 1. The summed E-state index contributed by atoms with van der Waals surface area (Å²) in [5, 5.41) is 19.8. The fourth-order valence-corrected chi connectivity index (χ4v) is 2.09. The summed E-state index contributed by atoms with van der Waals surface area (Å²) in [5.74, 6) is 0. The smallest absolute Gasteiger partial charge is 0.272 e. The summed E-state index contributed by atoms with van der Waals surface area (Å²) < 4.78 is 22.4. The van der Waals surface area contributed by atoms with E-state index in [0.717, 1.165) is 17.7 Å². The Labute approximate surface area is 125 Å². The Kier molecular flexibility index (Phi) is 4.44. The van der Waals surface area contributed by atoms with Crippen molar-refractivity contribution in [3.63, 3.8) is 0 Å². The van der Waals surface area contributed by atoms with Crippen LogP contribution >= 0.6 is 0 Å². The molecule has 0 aliphatic carbocycles. The van der Waals surface area contributed by atoms with E-state index in [9.17, 15) is 18.5 Å². The number of nitrogens with two attached hydrogens (primary N) is 1. The first-order chi connectivity index (χ1) is 10.4. The minimum atomic E-state index is -4.02. The van der Waals surface area contributed by atoms with Crippen molar-refractivity contribution in [3.8, 4) is 0 Å². The number of hydrogen-bond acceptors (Lipinski definition) is 7. The SMILES string of the molecule is NS(=O)(=O)c1ccc(NN=Cc2ccncc2)c([N+](=O)[O-])c1. The van der Waals surface area contributed by atoms with Crippen LogP contribution in [-0.4, -0.2) is 24.5 Å². The number of anilines is 1. The summed E-state index contributed by atoms with van der Waals surface area (Å²) in [6, 6.07) is 6.65. The van der Waals surface area contributed by atoms with Crippen molar-refractivity contribution >= 4 is 27.6 Å². The lowest BCUT2D eigenvalue weighted by atomic mass is 10.3. The Bertz CT molecular complexity index is 821. The van der Waals surface area contributed by atoms with Crippen LogP contribution < -0.4 is 10.6 Å². The molecule has 0 saturated carbocycles. The minimum absolute atomic E-state index is 0.0442. The number of sulfonamides is 1. The number of rotatable bonds is 5. The number of hydrazone groups is 1. The molecule has 0 bridgehead atoms. The Morgan fingerprint density at radius 3 is 2.55 bits per heavy atom. The first kappa shape index (κ1) is 15.5. The monoisotopic (exact) mass is 321 g/mol. The fraction of sp³-hybridized carbons (Fsp3) is 0. The zero-order valence-corrected chi connectivity index (χ0v) is 11.9. The summed E-state index contributed by atoms with van der Waals surface area (Å²) in [5.41, 5.74) is 2.83. The summed E-state index contributed by atoms with van der Waals surface area (Å²) in [4.78, 5) is 13.8. The quantitative estimate of drug-likeness (QED) is 0.479. The number of nitro groups is 1. The third kappa shape index (κ3) is 3.84. The molecule has 9 nitrogen and oxygen atoms in total. The van der Waals surface area contributed by atoms with E-state index in [4.69, 9.17) is 5.14 Å². The molecule has 0 fully saturated rings. The normalized spacial score (nSPS) is 11.5. The molecule has 114 valence electrons. The van der Waals surface area contributed by atoms with Crippen molar-refractivity contribution in [1.82, 2.24) is 4.98 Å². The number of hydrogen-bond donors (Lipinski definition) is 2. The second-order valence-electron chi connectivity index (χ2n) is 4.13. The molecule has 0 radical (unpaired) electrons. The van der Waals surface area contributed by atoms with Crippen LogP contribution in [0.2, 0.25) is 0 Å². The predicted molar refractivity (Wildman–Crippen MR) is 79.9 cm³/mol. The molecule has 0 spiro atoms. The number of nitrogens with zero attached hydrogens (tertiary/aromatic N) is 3. The molecule has 0 atom stereocenters. The largest absolute Gasteiger partial charge is 0.295 e. The van der Waals surface area contributed by atoms with Gasteiger partial charge in [0.1, 0.15) is 5.69 Å². The highest BCUT2D eigenvalue weighted by atomic mass is 32.2. The Morgan fingerprint density at radius 1 is 1.27 bits per heavy atom. The average molecular weight is 321 g/mol. The van der Waals surface area contributed by atoms with Crippen molar-refractivity contribution < 1.29 is 13.3 Å². The maximum atomic E-state index is 11.2. The number of benzene rings is 1. The molecule has 1 aromatic carbocycles. The molecule has 0 aliphatic heterocycles. The van der Waals surface area contributed by atoms with Crippen LogP contribution in [0.15, 0.2) is 52.7 Å². The van der Waals surface area contributed by atoms with E-state index in [0.29, 0.717) is 0 Å². The summed E-state index contributed by atoms with van der Waals surface area (Å²) in [7, 11) is -4.02. The third-order valence-corrected chi connectivity index (χ3v) is 3.51. The van der Waals surface area contributed by atoms with Gasteiger partial charge in [-0.1, -0.05) is 0 Å². The van der Waals surface area contributed by atoms with Crippen molar-refractivity contribution in [2.24, 2.45) is 10.2 Å². The van der Waals surface area contributed by atoms with Crippen molar-refractivity contribution in [2.45, 2.75) is 4.90 Å². The topological polar surface area (TPSA) is 141 Å². The van der Waals surface area contributed by atoms with Crippen molar-refractivity contribution in [1.29, 1.82) is 0 Å². The van der Waals surface area contributed by atoms with Gasteiger partial charge < -0.3 is 0 Å². The molecule has 0 unspecified atom stereocenters. The highest BCUT2D eigenvalue weighted by Gasteiger charge is 2.18. The van der Waals surface area contributed by atoms with Crippen molar-refractivity contribution in [3.05, 3.63) is 58.4 Å². The third-order valence-electron chi connectivity index (χ3n) is 2.60. The van der Waals surface area contributed by atoms with Gasteiger partial charge in [-0.25, -0.2) is 13.6 Å². The van der Waals surface area contributed by atoms with Crippen LogP contribution in [0.5, 0.6) is 0 Å². The average Bonchev–Trinajstić information content (AvgIpc) is 2.47. The molecule has 10 heteroatoms. The zero-order chi connectivity index (χ0) is 16.2. The van der Waals surface area contributed by atoms with E-state index in [2.05, 4.69) is 15.5 Å². The van der Waals surface area contributed by atoms with Crippen LogP contribution in [0.1, 0.15) is 5.56 Å². The first-order valence-corrected chi connectivity index (χ1v) is 7.43. The van der Waals surface area contributed by atoms with Crippen LogP contribution in [0.4, 0.5) is 11.4 Å². The van der Waals surface area contributed by atoms with Gasteiger partial charge in [0.2, 0.25) is 10.0 Å². The maximum Gasteiger partial charge on any atom is 0.295 e. The summed E-state index contributed by atoms with van der Waals surface area (Å²) in [6.45, 7) is 0. The van der Waals surface area contributed by atoms with E-state index >= 15 is 0 Å². The molecule has 1 heterocycles. The number of primary sulfonamides is 1. The molecule has 22 heavy (non-hydrogen) atoms. The second kappa shape index (κ2) is 6.28. The van der Waals surface area contributed by atoms with Gasteiger partial charge in [-0.15, -0.1) is 0 Å².